The minimum absolute atomic E-state index is 0.0508. The number of nitrogens with two attached hydrogens (primary N) is 1. The van der Waals surface area contributed by atoms with Crippen molar-refractivity contribution in [2.45, 2.75) is 32.2 Å². The van der Waals surface area contributed by atoms with Crippen LogP contribution in [0.25, 0.3) is 0 Å². The van der Waals surface area contributed by atoms with Crippen LogP contribution in [0, 0.1) is 0 Å². The van der Waals surface area contributed by atoms with Crippen LogP contribution in [0.15, 0.2) is 0 Å². The zero-order chi connectivity index (χ0) is 12.8. The molecule has 0 fully saturated rings. The van der Waals surface area contributed by atoms with Crippen LogP contribution >= 0.6 is 0 Å². The normalized spacial score (nSPS) is 14.9. The van der Waals surface area contributed by atoms with E-state index in [1.165, 1.54) is 0 Å². The van der Waals surface area contributed by atoms with E-state index in [4.69, 9.17) is 5.73 Å². The summed E-state index contributed by atoms with van der Waals surface area (Å²) in [7, 11) is -6.43. The molecule has 0 amide bonds. The van der Waals surface area contributed by atoms with Gasteiger partial charge in [0.1, 0.15) is 9.84 Å². The molecule has 0 aliphatic carbocycles. The predicted molar refractivity (Wildman–Crippen MR) is 65.9 cm³/mol. The summed E-state index contributed by atoms with van der Waals surface area (Å²) in [5.41, 5.74) is 5.53. The molecule has 1 atom stereocenters. The first-order chi connectivity index (χ1) is 7.12. The number of hydrogen-bond donors (Lipinski definition) is 1. The number of hydrogen-bond acceptors (Lipinski definition) is 5. The number of sulfone groups is 2. The van der Waals surface area contributed by atoms with Gasteiger partial charge in [-0.25, -0.2) is 16.8 Å². The first-order valence-corrected chi connectivity index (χ1v) is 9.14. The van der Waals surface area contributed by atoms with Crippen LogP contribution < -0.4 is 5.73 Å². The first kappa shape index (κ1) is 15.9. The van der Waals surface area contributed by atoms with E-state index in [0.29, 0.717) is 6.42 Å². The van der Waals surface area contributed by atoms with E-state index >= 15 is 0 Å². The van der Waals surface area contributed by atoms with Gasteiger partial charge in [-0.05, 0) is 19.8 Å². The molecule has 0 aliphatic heterocycles. The van der Waals surface area contributed by atoms with Gasteiger partial charge in [0, 0.05) is 12.3 Å². The third-order valence-electron chi connectivity index (χ3n) is 2.13. The van der Waals surface area contributed by atoms with E-state index in [-0.39, 0.29) is 23.3 Å². The molecule has 0 heterocycles. The summed E-state index contributed by atoms with van der Waals surface area (Å²) in [5.74, 6) is -0.512. The fourth-order valence-electron chi connectivity index (χ4n) is 1.17. The van der Waals surface area contributed by atoms with Gasteiger partial charge in [-0.15, -0.1) is 0 Å². The lowest BCUT2D eigenvalue weighted by atomic mass is 10.2. The highest BCUT2D eigenvalue weighted by molar-refractivity contribution is 7.94. The molecule has 0 aromatic carbocycles. The van der Waals surface area contributed by atoms with Crippen LogP contribution in [0.5, 0.6) is 0 Å². The summed E-state index contributed by atoms with van der Waals surface area (Å²) in [6, 6.07) is 0.0822. The Labute approximate surface area is 98.2 Å². The first-order valence-electron chi connectivity index (χ1n) is 5.26. The summed E-state index contributed by atoms with van der Waals surface area (Å²) in [6.07, 6.45) is 3.14. The zero-order valence-electron chi connectivity index (χ0n) is 9.85. The Kier molecular flexibility index (Phi) is 6.50. The fourth-order valence-corrected chi connectivity index (χ4v) is 4.24. The van der Waals surface area contributed by atoms with Crippen LogP contribution in [-0.2, 0) is 19.7 Å². The van der Waals surface area contributed by atoms with Gasteiger partial charge in [0.15, 0.2) is 9.84 Å². The third kappa shape index (κ3) is 10.4. The fraction of sp³-hybridized carbons (Fsp3) is 1.00. The summed E-state index contributed by atoms with van der Waals surface area (Å²) < 4.78 is 44.5. The summed E-state index contributed by atoms with van der Waals surface area (Å²) in [5, 5.41) is 0. The highest BCUT2D eigenvalue weighted by atomic mass is 32.2. The Morgan fingerprint density at radius 2 is 1.56 bits per heavy atom. The Morgan fingerprint density at radius 3 is 2.00 bits per heavy atom. The van der Waals surface area contributed by atoms with Crippen molar-refractivity contribution in [2.24, 2.45) is 5.73 Å². The van der Waals surface area contributed by atoms with Crippen molar-refractivity contribution in [3.63, 3.8) is 0 Å². The van der Waals surface area contributed by atoms with Gasteiger partial charge in [-0.1, -0.05) is 6.42 Å². The number of unbranched alkanes of at least 4 members (excludes halogenated alkanes) is 1. The maximum atomic E-state index is 11.4. The minimum Gasteiger partial charge on any atom is -0.328 e. The molecule has 0 bridgehead atoms. The van der Waals surface area contributed by atoms with E-state index in [0.717, 1.165) is 19.1 Å². The van der Waals surface area contributed by atoms with Crippen molar-refractivity contribution in [3.8, 4) is 0 Å². The molecule has 0 aromatic rings. The van der Waals surface area contributed by atoms with Crippen LogP contribution in [0.1, 0.15) is 26.2 Å². The molecule has 0 rings (SSSR count). The topological polar surface area (TPSA) is 94.3 Å². The second kappa shape index (κ2) is 6.56. The molecule has 2 N–H and O–H groups in total. The molecule has 0 aromatic heterocycles. The van der Waals surface area contributed by atoms with E-state index in [9.17, 15) is 16.8 Å². The van der Waals surface area contributed by atoms with Crippen LogP contribution in [0.3, 0.4) is 0 Å². The molecular weight excluding hydrogens is 250 g/mol. The van der Waals surface area contributed by atoms with Crippen molar-refractivity contribution in [3.05, 3.63) is 0 Å². The van der Waals surface area contributed by atoms with E-state index in [2.05, 4.69) is 0 Å². The lowest BCUT2D eigenvalue weighted by Gasteiger charge is -2.05. The van der Waals surface area contributed by atoms with Gasteiger partial charge in [-0.2, -0.15) is 0 Å². The molecule has 5 nitrogen and oxygen atoms in total. The molecule has 0 saturated carbocycles. The van der Waals surface area contributed by atoms with Crippen molar-refractivity contribution < 1.29 is 16.8 Å². The SMILES string of the molecule is CC(N)CCCCS(=O)(=O)CCS(C)(=O)=O. The largest absolute Gasteiger partial charge is 0.328 e. The maximum absolute atomic E-state index is 11.4. The van der Waals surface area contributed by atoms with E-state index in [1.807, 2.05) is 6.92 Å². The van der Waals surface area contributed by atoms with Crippen molar-refractivity contribution in [1.29, 1.82) is 0 Å². The predicted octanol–water partition coefficient (Wildman–Crippen LogP) is -0.0367. The summed E-state index contributed by atoms with van der Waals surface area (Å²) >= 11 is 0. The standard InChI is InChI=1S/C9H21NO4S2/c1-9(10)5-3-4-6-16(13,14)8-7-15(2,11)12/h9H,3-8,10H2,1-2H3. The van der Waals surface area contributed by atoms with E-state index < -0.39 is 19.7 Å². The van der Waals surface area contributed by atoms with Gasteiger partial charge in [0.05, 0.1) is 17.3 Å². The van der Waals surface area contributed by atoms with Gasteiger partial charge in [-0.3, -0.25) is 0 Å². The molecule has 1 unspecified atom stereocenters. The van der Waals surface area contributed by atoms with Crippen molar-refractivity contribution in [2.75, 3.05) is 23.5 Å². The van der Waals surface area contributed by atoms with E-state index in [1.54, 1.807) is 0 Å². The van der Waals surface area contributed by atoms with Crippen LogP contribution in [-0.4, -0.2) is 46.4 Å². The Bertz CT molecular complexity index is 384. The monoisotopic (exact) mass is 271 g/mol. The van der Waals surface area contributed by atoms with Crippen molar-refractivity contribution >= 4 is 19.7 Å². The summed E-state index contributed by atoms with van der Waals surface area (Å²) in [4.78, 5) is 0. The van der Waals surface area contributed by atoms with Crippen LogP contribution in [0.2, 0.25) is 0 Å². The lowest BCUT2D eigenvalue weighted by Crippen LogP contribution is -2.19. The molecule has 0 saturated heterocycles. The molecular formula is C9H21NO4S2. The highest BCUT2D eigenvalue weighted by Crippen LogP contribution is 2.03. The second-order valence-electron chi connectivity index (χ2n) is 4.25. The quantitative estimate of drug-likeness (QED) is 0.625. The Hall–Kier alpha value is -0.140. The molecule has 16 heavy (non-hydrogen) atoms. The Morgan fingerprint density at radius 1 is 1.00 bits per heavy atom. The van der Waals surface area contributed by atoms with Gasteiger partial charge in [0.25, 0.3) is 0 Å². The molecule has 98 valence electrons. The van der Waals surface area contributed by atoms with Gasteiger partial charge in [0.2, 0.25) is 0 Å². The summed E-state index contributed by atoms with van der Waals surface area (Å²) in [6.45, 7) is 1.87. The average Bonchev–Trinajstić information content (AvgIpc) is 2.08. The molecule has 0 spiro atoms. The third-order valence-corrected chi connectivity index (χ3v) is 5.07. The zero-order valence-corrected chi connectivity index (χ0v) is 11.5. The molecule has 7 heteroatoms. The highest BCUT2D eigenvalue weighted by Gasteiger charge is 2.14. The van der Waals surface area contributed by atoms with Gasteiger partial charge < -0.3 is 5.73 Å². The van der Waals surface area contributed by atoms with Crippen LogP contribution in [0.4, 0.5) is 0 Å². The van der Waals surface area contributed by atoms with Crippen molar-refractivity contribution in [1.82, 2.24) is 0 Å². The molecule has 0 radical (unpaired) electrons. The molecule has 0 aliphatic rings. The number of rotatable bonds is 8. The lowest BCUT2D eigenvalue weighted by molar-refractivity contribution is 0.578. The second-order valence-corrected chi connectivity index (χ2v) is 8.82. The maximum Gasteiger partial charge on any atom is 0.151 e. The van der Waals surface area contributed by atoms with Gasteiger partial charge >= 0.3 is 0 Å². The average molecular weight is 271 g/mol. The Balaban J connectivity index is 3.89. The smallest absolute Gasteiger partial charge is 0.151 e. The minimum atomic E-state index is -3.23.